The molecule has 3 aromatic rings. The van der Waals surface area contributed by atoms with Crippen molar-refractivity contribution in [3.8, 4) is 11.3 Å². The third kappa shape index (κ3) is 4.43. The zero-order chi connectivity index (χ0) is 20.1. The van der Waals surface area contributed by atoms with Crippen LogP contribution in [0.1, 0.15) is 11.3 Å². The van der Waals surface area contributed by atoms with Crippen molar-refractivity contribution >= 4 is 29.6 Å². The number of benzene rings is 1. The van der Waals surface area contributed by atoms with Crippen molar-refractivity contribution in [2.75, 3.05) is 5.75 Å². The van der Waals surface area contributed by atoms with Crippen molar-refractivity contribution < 1.29 is 14.1 Å². The Bertz CT molecular complexity index is 1040. The largest absolute Gasteiger partial charge is 0.455 e. The van der Waals surface area contributed by atoms with Gasteiger partial charge in [0.25, 0.3) is 11.6 Å². The monoisotopic (exact) mass is 400 g/mol. The van der Waals surface area contributed by atoms with Crippen molar-refractivity contribution in [2.45, 2.75) is 12.1 Å². The Labute approximate surface area is 163 Å². The quantitative estimate of drug-likeness (QED) is 0.279. The van der Waals surface area contributed by atoms with Gasteiger partial charge in [-0.25, -0.2) is 5.43 Å². The number of hydrazone groups is 1. The van der Waals surface area contributed by atoms with Gasteiger partial charge >= 0.3 is 0 Å². The number of hydrogen-bond acceptors (Lipinski definition) is 8. The number of nitro groups is 1. The minimum absolute atomic E-state index is 0.0248. The van der Waals surface area contributed by atoms with Gasteiger partial charge in [-0.1, -0.05) is 23.9 Å². The summed E-state index contributed by atoms with van der Waals surface area (Å²) < 4.78 is 7.36. The predicted octanol–water partition coefficient (Wildman–Crippen LogP) is 2.53. The minimum atomic E-state index is -0.432. The average molecular weight is 400 g/mol. The van der Waals surface area contributed by atoms with E-state index in [0.29, 0.717) is 27.8 Å². The van der Waals surface area contributed by atoms with Gasteiger partial charge in [0.1, 0.15) is 17.8 Å². The number of nitro benzene ring substituents is 1. The van der Waals surface area contributed by atoms with Crippen LogP contribution in [-0.4, -0.2) is 37.6 Å². The van der Waals surface area contributed by atoms with Crippen molar-refractivity contribution in [1.82, 2.24) is 20.2 Å². The summed E-state index contributed by atoms with van der Waals surface area (Å²) in [5.41, 5.74) is 3.56. The molecular formula is C17H16N6O4S. The van der Waals surface area contributed by atoms with Crippen molar-refractivity contribution in [2.24, 2.45) is 12.1 Å². The second-order valence-corrected chi connectivity index (χ2v) is 6.66. The number of aryl methyl sites for hydroxylation is 1. The van der Waals surface area contributed by atoms with Crippen molar-refractivity contribution in [3.05, 3.63) is 58.1 Å². The molecule has 0 fully saturated rings. The van der Waals surface area contributed by atoms with Crippen LogP contribution in [0.2, 0.25) is 0 Å². The molecule has 0 aliphatic carbocycles. The number of nitrogens with one attached hydrogen (secondary N) is 1. The number of rotatable bonds is 7. The van der Waals surface area contributed by atoms with E-state index in [1.165, 1.54) is 24.0 Å². The fraction of sp³-hybridized carbons (Fsp3) is 0.176. The highest BCUT2D eigenvalue weighted by Gasteiger charge is 2.16. The van der Waals surface area contributed by atoms with E-state index in [1.54, 1.807) is 49.1 Å². The molecule has 0 atom stereocenters. The number of thioether (sulfide) groups is 1. The Morgan fingerprint density at radius 3 is 2.96 bits per heavy atom. The van der Waals surface area contributed by atoms with Gasteiger partial charge in [0, 0.05) is 24.2 Å². The number of carbonyl (C=O) groups excluding carboxylic acids is 1. The number of amides is 1. The Morgan fingerprint density at radius 1 is 1.43 bits per heavy atom. The van der Waals surface area contributed by atoms with Gasteiger partial charge in [0.05, 0.1) is 16.9 Å². The van der Waals surface area contributed by atoms with Gasteiger partial charge in [-0.05, 0) is 19.1 Å². The SMILES string of the molecule is Cc1c(-c2ccc(/C=N\NC(=O)CSc3nncn3C)o2)cccc1[N+](=O)[O-]. The molecule has 0 aliphatic rings. The van der Waals surface area contributed by atoms with Gasteiger partial charge in [-0.3, -0.25) is 14.9 Å². The van der Waals surface area contributed by atoms with Crippen LogP contribution in [0.15, 0.2) is 51.3 Å². The number of carbonyl (C=O) groups is 1. The Kier molecular flexibility index (Phi) is 5.84. The summed E-state index contributed by atoms with van der Waals surface area (Å²) >= 11 is 1.24. The Hall–Kier alpha value is -3.47. The number of nitrogens with zero attached hydrogens (tertiary/aromatic N) is 5. The fourth-order valence-corrected chi connectivity index (χ4v) is 3.07. The number of aromatic nitrogens is 3. The first-order valence-electron chi connectivity index (χ1n) is 8.08. The van der Waals surface area contributed by atoms with Crippen molar-refractivity contribution in [3.63, 3.8) is 0 Å². The molecule has 1 aromatic carbocycles. The lowest BCUT2D eigenvalue weighted by Gasteiger charge is -2.03. The summed E-state index contributed by atoms with van der Waals surface area (Å²) in [6.45, 7) is 1.67. The van der Waals surface area contributed by atoms with E-state index in [9.17, 15) is 14.9 Å². The third-order valence-corrected chi connectivity index (χ3v) is 4.81. The van der Waals surface area contributed by atoms with Gasteiger partial charge in [-0.2, -0.15) is 5.10 Å². The second-order valence-electron chi connectivity index (χ2n) is 5.72. The minimum Gasteiger partial charge on any atom is -0.455 e. The fourth-order valence-electron chi connectivity index (χ4n) is 2.39. The maximum Gasteiger partial charge on any atom is 0.273 e. The number of hydrogen-bond donors (Lipinski definition) is 1. The Balaban J connectivity index is 1.60. The van der Waals surface area contributed by atoms with Crippen molar-refractivity contribution in [1.29, 1.82) is 0 Å². The van der Waals surface area contributed by atoms with Crippen LogP contribution in [0.25, 0.3) is 11.3 Å². The van der Waals surface area contributed by atoms with Crippen LogP contribution in [0.4, 0.5) is 5.69 Å². The molecule has 28 heavy (non-hydrogen) atoms. The van der Waals surface area contributed by atoms with E-state index in [0.717, 1.165) is 0 Å². The molecule has 0 spiro atoms. The van der Waals surface area contributed by atoms with Crippen LogP contribution in [0.5, 0.6) is 0 Å². The van der Waals surface area contributed by atoms with Crippen LogP contribution < -0.4 is 5.43 Å². The zero-order valence-electron chi connectivity index (χ0n) is 15.0. The topological polar surface area (TPSA) is 128 Å². The molecule has 0 saturated carbocycles. The first kappa shape index (κ1) is 19.3. The van der Waals surface area contributed by atoms with Crippen LogP contribution in [0, 0.1) is 17.0 Å². The predicted molar refractivity (Wildman–Crippen MR) is 103 cm³/mol. The second kappa shape index (κ2) is 8.48. The molecule has 0 bridgehead atoms. The standard InChI is InChI=1S/C17H16N6O4S/c1-11-13(4-3-5-14(11)23(25)26)15-7-6-12(27-15)8-18-20-16(24)9-28-17-21-19-10-22(17)2/h3-8,10H,9H2,1-2H3,(H,20,24)/b18-8-. The molecular weight excluding hydrogens is 384 g/mol. The lowest BCUT2D eigenvalue weighted by Crippen LogP contribution is -2.19. The smallest absolute Gasteiger partial charge is 0.273 e. The zero-order valence-corrected chi connectivity index (χ0v) is 15.8. The molecule has 0 saturated heterocycles. The van der Waals surface area contributed by atoms with Crippen LogP contribution in [-0.2, 0) is 11.8 Å². The van der Waals surface area contributed by atoms with Crippen LogP contribution in [0.3, 0.4) is 0 Å². The van der Waals surface area contributed by atoms with E-state index in [4.69, 9.17) is 4.42 Å². The van der Waals surface area contributed by atoms with Gasteiger partial charge in [0.15, 0.2) is 5.16 Å². The van der Waals surface area contributed by atoms with E-state index >= 15 is 0 Å². The molecule has 0 radical (unpaired) electrons. The summed E-state index contributed by atoms with van der Waals surface area (Å²) in [5.74, 6) is 0.722. The highest BCUT2D eigenvalue weighted by molar-refractivity contribution is 7.99. The van der Waals surface area contributed by atoms with E-state index < -0.39 is 4.92 Å². The maximum absolute atomic E-state index is 11.8. The van der Waals surface area contributed by atoms with Gasteiger partial charge in [-0.15, -0.1) is 10.2 Å². The molecule has 3 rings (SSSR count). The first-order valence-corrected chi connectivity index (χ1v) is 9.07. The molecule has 2 heterocycles. The maximum atomic E-state index is 11.8. The molecule has 0 aliphatic heterocycles. The molecule has 0 unspecified atom stereocenters. The molecule has 1 amide bonds. The Morgan fingerprint density at radius 2 is 2.25 bits per heavy atom. The normalized spacial score (nSPS) is 11.1. The highest BCUT2D eigenvalue weighted by Crippen LogP contribution is 2.30. The third-order valence-electron chi connectivity index (χ3n) is 3.78. The van der Waals surface area contributed by atoms with E-state index in [1.807, 2.05) is 0 Å². The molecule has 144 valence electrons. The van der Waals surface area contributed by atoms with Crippen LogP contribution >= 0.6 is 11.8 Å². The highest BCUT2D eigenvalue weighted by atomic mass is 32.2. The van der Waals surface area contributed by atoms with E-state index in [-0.39, 0.29) is 17.3 Å². The lowest BCUT2D eigenvalue weighted by molar-refractivity contribution is -0.385. The molecule has 10 nitrogen and oxygen atoms in total. The first-order chi connectivity index (χ1) is 13.5. The molecule has 2 aromatic heterocycles. The molecule has 1 N–H and O–H groups in total. The summed E-state index contributed by atoms with van der Waals surface area (Å²) in [7, 11) is 1.79. The summed E-state index contributed by atoms with van der Waals surface area (Å²) in [5, 5.41) is 23.2. The lowest BCUT2D eigenvalue weighted by atomic mass is 10.1. The molecule has 11 heteroatoms. The van der Waals surface area contributed by atoms with Gasteiger partial charge in [0.2, 0.25) is 0 Å². The average Bonchev–Trinajstić information content (AvgIpc) is 3.29. The summed E-state index contributed by atoms with van der Waals surface area (Å²) in [4.78, 5) is 22.4. The van der Waals surface area contributed by atoms with Gasteiger partial charge < -0.3 is 8.98 Å². The summed E-state index contributed by atoms with van der Waals surface area (Å²) in [6, 6.07) is 8.15. The number of furan rings is 1. The summed E-state index contributed by atoms with van der Waals surface area (Å²) in [6.07, 6.45) is 2.91. The van der Waals surface area contributed by atoms with E-state index in [2.05, 4.69) is 20.7 Å².